The Morgan fingerprint density at radius 3 is 2.72 bits per heavy atom. The molecule has 0 bridgehead atoms. The number of hydrogen-bond acceptors (Lipinski definition) is 3. The molecule has 2 N–H and O–H groups in total. The molecule has 0 spiro atoms. The summed E-state index contributed by atoms with van der Waals surface area (Å²) < 4.78 is 7.83. The van der Waals surface area contributed by atoms with Gasteiger partial charge in [-0.3, -0.25) is 4.68 Å². The molecule has 1 aromatic heterocycles. The minimum Gasteiger partial charge on any atom is -0.368 e. The summed E-state index contributed by atoms with van der Waals surface area (Å²) in [7, 11) is 0. The third kappa shape index (κ3) is 2.54. The standard InChI is InChI=1S/C14H21N3O/c1-4-17-13-8-6-5-7-11(13)12(16-17)9-18-14(2,3)10-15/h5-8H,4,9-10,15H2,1-3H3. The first-order valence-corrected chi connectivity index (χ1v) is 6.36. The van der Waals surface area contributed by atoms with E-state index in [-0.39, 0.29) is 5.60 Å². The molecule has 2 aromatic rings. The van der Waals surface area contributed by atoms with Gasteiger partial charge < -0.3 is 10.5 Å². The van der Waals surface area contributed by atoms with Crippen molar-refractivity contribution in [1.29, 1.82) is 0 Å². The number of ether oxygens (including phenoxy) is 1. The van der Waals surface area contributed by atoms with Crippen LogP contribution in [0, 0.1) is 0 Å². The van der Waals surface area contributed by atoms with E-state index in [0.717, 1.165) is 23.1 Å². The number of nitrogens with zero attached hydrogens (tertiary/aromatic N) is 2. The molecule has 0 atom stereocenters. The van der Waals surface area contributed by atoms with Crippen molar-refractivity contribution in [2.24, 2.45) is 5.73 Å². The van der Waals surface area contributed by atoms with Crippen LogP contribution < -0.4 is 5.73 Å². The van der Waals surface area contributed by atoms with Gasteiger partial charge >= 0.3 is 0 Å². The maximum Gasteiger partial charge on any atom is 0.0960 e. The SMILES string of the molecule is CCn1nc(COC(C)(C)CN)c2ccccc21. The Morgan fingerprint density at radius 2 is 2.06 bits per heavy atom. The lowest BCUT2D eigenvalue weighted by molar-refractivity contribution is -0.0233. The molecule has 1 heterocycles. The number of nitrogens with two attached hydrogens (primary N) is 1. The fourth-order valence-corrected chi connectivity index (χ4v) is 1.87. The lowest BCUT2D eigenvalue weighted by atomic mass is 10.1. The Bertz CT molecular complexity index is 531. The van der Waals surface area contributed by atoms with Crippen LogP contribution in [0.3, 0.4) is 0 Å². The van der Waals surface area contributed by atoms with E-state index in [4.69, 9.17) is 10.5 Å². The largest absolute Gasteiger partial charge is 0.368 e. The van der Waals surface area contributed by atoms with Gasteiger partial charge in [0.15, 0.2) is 0 Å². The van der Waals surface area contributed by atoms with Crippen LogP contribution in [0.5, 0.6) is 0 Å². The second-order valence-corrected chi connectivity index (χ2v) is 5.03. The molecule has 0 saturated heterocycles. The van der Waals surface area contributed by atoms with E-state index in [1.807, 2.05) is 30.7 Å². The first-order valence-electron chi connectivity index (χ1n) is 6.36. The van der Waals surface area contributed by atoms with E-state index in [1.165, 1.54) is 0 Å². The van der Waals surface area contributed by atoms with Crippen molar-refractivity contribution in [3.05, 3.63) is 30.0 Å². The molecule has 0 amide bonds. The average molecular weight is 247 g/mol. The number of hydrogen-bond donors (Lipinski definition) is 1. The summed E-state index contributed by atoms with van der Waals surface area (Å²) >= 11 is 0. The summed E-state index contributed by atoms with van der Waals surface area (Å²) in [5, 5.41) is 5.76. The number of para-hydroxylation sites is 1. The zero-order chi connectivity index (χ0) is 13.2. The van der Waals surface area contributed by atoms with Crippen molar-refractivity contribution in [1.82, 2.24) is 9.78 Å². The summed E-state index contributed by atoms with van der Waals surface area (Å²) in [6, 6.07) is 8.23. The topological polar surface area (TPSA) is 53.1 Å². The normalized spacial score (nSPS) is 12.2. The highest BCUT2D eigenvalue weighted by atomic mass is 16.5. The second-order valence-electron chi connectivity index (χ2n) is 5.03. The average Bonchev–Trinajstić information content (AvgIpc) is 2.75. The molecule has 0 aliphatic rings. The molecule has 0 aliphatic carbocycles. The van der Waals surface area contributed by atoms with Crippen molar-refractivity contribution in [3.63, 3.8) is 0 Å². The number of aryl methyl sites for hydroxylation is 1. The summed E-state index contributed by atoms with van der Waals surface area (Å²) in [6.45, 7) is 7.93. The Labute approximate surface area is 108 Å². The lowest BCUT2D eigenvalue weighted by Gasteiger charge is -2.22. The molecule has 1 aromatic carbocycles. The summed E-state index contributed by atoms with van der Waals surface area (Å²) in [5.74, 6) is 0. The predicted molar refractivity (Wildman–Crippen MR) is 73.3 cm³/mol. The van der Waals surface area contributed by atoms with Crippen LogP contribution in [0.1, 0.15) is 26.5 Å². The number of aromatic nitrogens is 2. The Balaban J connectivity index is 2.28. The van der Waals surface area contributed by atoms with Crippen molar-refractivity contribution in [2.45, 2.75) is 39.5 Å². The van der Waals surface area contributed by atoms with Gasteiger partial charge in [0, 0.05) is 18.5 Å². The van der Waals surface area contributed by atoms with E-state index in [0.29, 0.717) is 13.2 Å². The molecule has 4 nitrogen and oxygen atoms in total. The molecule has 0 fully saturated rings. The molecule has 98 valence electrons. The summed E-state index contributed by atoms with van der Waals surface area (Å²) in [6.07, 6.45) is 0. The smallest absolute Gasteiger partial charge is 0.0960 e. The first-order chi connectivity index (χ1) is 8.57. The molecular weight excluding hydrogens is 226 g/mol. The second kappa shape index (κ2) is 5.08. The monoisotopic (exact) mass is 247 g/mol. The third-order valence-corrected chi connectivity index (χ3v) is 3.13. The zero-order valence-electron chi connectivity index (χ0n) is 11.3. The zero-order valence-corrected chi connectivity index (χ0v) is 11.3. The highest BCUT2D eigenvalue weighted by Crippen LogP contribution is 2.20. The van der Waals surface area contributed by atoms with Crippen LogP contribution in [-0.4, -0.2) is 21.9 Å². The molecular formula is C14H21N3O. The van der Waals surface area contributed by atoms with E-state index >= 15 is 0 Å². The maximum atomic E-state index is 5.83. The molecule has 0 aliphatic heterocycles. The van der Waals surface area contributed by atoms with Gasteiger partial charge in [-0.15, -0.1) is 0 Å². The van der Waals surface area contributed by atoms with Gasteiger partial charge in [0.05, 0.1) is 23.4 Å². The quantitative estimate of drug-likeness (QED) is 0.882. The number of rotatable bonds is 5. The maximum absolute atomic E-state index is 5.83. The fourth-order valence-electron chi connectivity index (χ4n) is 1.87. The van der Waals surface area contributed by atoms with Crippen LogP contribution in [-0.2, 0) is 17.9 Å². The van der Waals surface area contributed by atoms with Crippen molar-refractivity contribution < 1.29 is 4.74 Å². The fraction of sp³-hybridized carbons (Fsp3) is 0.500. The molecule has 0 radical (unpaired) electrons. The first kappa shape index (κ1) is 13.1. The predicted octanol–water partition coefficient (Wildman–Crippen LogP) is 2.31. The number of fused-ring (bicyclic) bond motifs is 1. The summed E-state index contributed by atoms with van der Waals surface area (Å²) in [5.41, 5.74) is 7.49. The third-order valence-electron chi connectivity index (χ3n) is 3.13. The van der Waals surface area contributed by atoms with Crippen LogP contribution in [0.4, 0.5) is 0 Å². The van der Waals surface area contributed by atoms with Gasteiger partial charge in [0.2, 0.25) is 0 Å². The van der Waals surface area contributed by atoms with Crippen LogP contribution >= 0.6 is 0 Å². The highest BCUT2D eigenvalue weighted by Gasteiger charge is 2.18. The van der Waals surface area contributed by atoms with Gasteiger partial charge in [0.1, 0.15) is 0 Å². The van der Waals surface area contributed by atoms with Gasteiger partial charge in [-0.2, -0.15) is 5.10 Å². The lowest BCUT2D eigenvalue weighted by Crippen LogP contribution is -2.33. The van der Waals surface area contributed by atoms with E-state index in [9.17, 15) is 0 Å². The minimum absolute atomic E-state index is 0.308. The van der Waals surface area contributed by atoms with Gasteiger partial charge in [0.25, 0.3) is 0 Å². The molecule has 0 saturated carbocycles. The minimum atomic E-state index is -0.308. The summed E-state index contributed by atoms with van der Waals surface area (Å²) in [4.78, 5) is 0. The number of benzene rings is 1. The van der Waals surface area contributed by atoms with Gasteiger partial charge in [-0.1, -0.05) is 18.2 Å². The molecule has 4 heteroatoms. The molecule has 2 rings (SSSR count). The van der Waals surface area contributed by atoms with Crippen LogP contribution in [0.15, 0.2) is 24.3 Å². The van der Waals surface area contributed by atoms with Crippen LogP contribution in [0.25, 0.3) is 10.9 Å². The van der Waals surface area contributed by atoms with Gasteiger partial charge in [-0.05, 0) is 26.8 Å². The van der Waals surface area contributed by atoms with Crippen molar-refractivity contribution in [2.75, 3.05) is 6.54 Å². The van der Waals surface area contributed by atoms with Crippen molar-refractivity contribution >= 4 is 10.9 Å². The van der Waals surface area contributed by atoms with E-state index < -0.39 is 0 Å². The molecule has 18 heavy (non-hydrogen) atoms. The van der Waals surface area contributed by atoms with E-state index in [1.54, 1.807) is 0 Å². The Kier molecular flexibility index (Phi) is 3.68. The van der Waals surface area contributed by atoms with Gasteiger partial charge in [-0.25, -0.2) is 0 Å². The molecule has 0 unspecified atom stereocenters. The van der Waals surface area contributed by atoms with Crippen molar-refractivity contribution in [3.8, 4) is 0 Å². The van der Waals surface area contributed by atoms with Crippen LogP contribution in [0.2, 0.25) is 0 Å². The Morgan fingerprint density at radius 1 is 1.33 bits per heavy atom. The van der Waals surface area contributed by atoms with E-state index in [2.05, 4.69) is 24.2 Å². The highest BCUT2D eigenvalue weighted by molar-refractivity contribution is 5.81. The Hall–Kier alpha value is -1.39.